The summed E-state index contributed by atoms with van der Waals surface area (Å²) in [4.78, 5) is 0. The van der Waals surface area contributed by atoms with Crippen LogP contribution < -0.4 is 0 Å². The Bertz CT molecular complexity index is 348. The Labute approximate surface area is 106 Å². The standard InChI is InChI=1S/C10H8Cl3F3/c1-2-6-3-7(9(11,12)13)5-8(4-6)10(14,15)16/h3-5H,2H2,1H3. The molecule has 0 amide bonds. The molecule has 6 heteroatoms. The van der Waals surface area contributed by atoms with Crippen molar-refractivity contribution in [2.75, 3.05) is 0 Å². The highest BCUT2D eigenvalue weighted by molar-refractivity contribution is 6.66. The molecule has 0 radical (unpaired) electrons. The summed E-state index contributed by atoms with van der Waals surface area (Å²) in [6, 6.07) is 3.37. The monoisotopic (exact) mass is 290 g/mol. The molecule has 0 saturated heterocycles. The first-order chi connectivity index (χ1) is 7.14. The highest BCUT2D eigenvalue weighted by Gasteiger charge is 2.33. The predicted molar refractivity (Wildman–Crippen MR) is 60.1 cm³/mol. The Hall–Kier alpha value is -0.120. The van der Waals surface area contributed by atoms with Crippen LogP contribution in [0.2, 0.25) is 0 Å². The van der Waals surface area contributed by atoms with E-state index >= 15 is 0 Å². The van der Waals surface area contributed by atoms with E-state index < -0.39 is 15.5 Å². The van der Waals surface area contributed by atoms with Gasteiger partial charge >= 0.3 is 6.18 Å². The third-order valence-electron chi connectivity index (χ3n) is 2.06. The van der Waals surface area contributed by atoms with Crippen molar-refractivity contribution in [3.05, 3.63) is 34.9 Å². The smallest absolute Gasteiger partial charge is 0.166 e. The van der Waals surface area contributed by atoms with E-state index in [1.54, 1.807) is 6.92 Å². The van der Waals surface area contributed by atoms with Crippen LogP contribution in [-0.2, 0) is 16.4 Å². The molecule has 0 aliphatic rings. The van der Waals surface area contributed by atoms with Gasteiger partial charge in [-0.3, -0.25) is 0 Å². The molecular weight excluding hydrogens is 283 g/mol. The lowest BCUT2D eigenvalue weighted by molar-refractivity contribution is -0.137. The van der Waals surface area contributed by atoms with Gasteiger partial charge in [-0.15, -0.1) is 0 Å². The molecule has 0 aliphatic carbocycles. The largest absolute Gasteiger partial charge is 0.416 e. The average molecular weight is 292 g/mol. The maximum atomic E-state index is 12.5. The second-order valence-electron chi connectivity index (χ2n) is 3.27. The Balaban J connectivity index is 3.33. The fourth-order valence-corrected chi connectivity index (χ4v) is 1.55. The van der Waals surface area contributed by atoms with Gasteiger partial charge in [0.2, 0.25) is 3.79 Å². The van der Waals surface area contributed by atoms with E-state index in [-0.39, 0.29) is 5.56 Å². The van der Waals surface area contributed by atoms with Gasteiger partial charge in [0, 0.05) is 5.56 Å². The van der Waals surface area contributed by atoms with Crippen LogP contribution in [-0.4, -0.2) is 0 Å². The van der Waals surface area contributed by atoms with E-state index in [1.807, 2.05) is 0 Å². The quantitative estimate of drug-likeness (QED) is 0.632. The molecule has 90 valence electrons. The minimum Gasteiger partial charge on any atom is -0.166 e. The van der Waals surface area contributed by atoms with Gasteiger partial charge in [0.25, 0.3) is 0 Å². The van der Waals surface area contributed by atoms with Crippen molar-refractivity contribution < 1.29 is 13.2 Å². The summed E-state index contributed by atoms with van der Waals surface area (Å²) in [5.74, 6) is 0. The zero-order valence-electron chi connectivity index (χ0n) is 8.21. The van der Waals surface area contributed by atoms with E-state index in [1.165, 1.54) is 6.07 Å². The lowest BCUT2D eigenvalue weighted by Gasteiger charge is -2.16. The van der Waals surface area contributed by atoms with Gasteiger partial charge in [-0.25, -0.2) is 0 Å². The summed E-state index contributed by atoms with van der Waals surface area (Å²) in [5.41, 5.74) is -0.284. The number of rotatable bonds is 1. The van der Waals surface area contributed by atoms with Gasteiger partial charge in [-0.2, -0.15) is 13.2 Å². The van der Waals surface area contributed by atoms with E-state index in [0.717, 1.165) is 12.1 Å². The molecule has 0 N–H and O–H groups in total. The molecule has 0 fully saturated rings. The van der Waals surface area contributed by atoms with E-state index in [2.05, 4.69) is 0 Å². The van der Waals surface area contributed by atoms with E-state index in [0.29, 0.717) is 12.0 Å². The molecule has 0 atom stereocenters. The Morgan fingerprint density at radius 1 is 1.00 bits per heavy atom. The third kappa shape index (κ3) is 3.44. The van der Waals surface area contributed by atoms with E-state index in [9.17, 15) is 13.2 Å². The zero-order valence-corrected chi connectivity index (χ0v) is 10.5. The zero-order chi connectivity index (χ0) is 12.6. The number of aryl methyl sites for hydroxylation is 1. The van der Waals surface area contributed by atoms with Crippen LogP contribution in [0.25, 0.3) is 0 Å². The van der Waals surface area contributed by atoms with Crippen molar-refractivity contribution in [3.8, 4) is 0 Å². The predicted octanol–water partition coefficient (Wildman–Crippen LogP) is 5.09. The molecule has 0 heterocycles. The van der Waals surface area contributed by atoms with Gasteiger partial charge in [0.05, 0.1) is 5.56 Å². The van der Waals surface area contributed by atoms with Crippen LogP contribution in [0.1, 0.15) is 23.6 Å². The number of hydrogen-bond donors (Lipinski definition) is 0. The molecule has 0 saturated carbocycles. The summed E-state index contributed by atoms with van der Waals surface area (Å²) in [6.45, 7) is 1.73. The topological polar surface area (TPSA) is 0 Å². The Morgan fingerprint density at radius 3 is 1.88 bits per heavy atom. The molecule has 1 aromatic rings. The average Bonchev–Trinajstić information content (AvgIpc) is 2.14. The van der Waals surface area contributed by atoms with Crippen molar-refractivity contribution in [1.29, 1.82) is 0 Å². The van der Waals surface area contributed by atoms with Crippen molar-refractivity contribution in [3.63, 3.8) is 0 Å². The lowest BCUT2D eigenvalue weighted by atomic mass is 10.0. The van der Waals surface area contributed by atoms with Gasteiger partial charge in [-0.05, 0) is 24.1 Å². The molecule has 16 heavy (non-hydrogen) atoms. The maximum Gasteiger partial charge on any atom is 0.416 e. The summed E-state index contributed by atoms with van der Waals surface area (Å²) < 4.78 is 35.8. The Kier molecular flexibility index (Phi) is 4.04. The summed E-state index contributed by atoms with van der Waals surface area (Å²) in [6.07, 6.45) is -3.99. The fourth-order valence-electron chi connectivity index (χ4n) is 1.22. The summed E-state index contributed by atoms with van der Waals surface area (Å²) in [5, 5.41) is 0. The first-order valence-corrected chi connectivity index (χ1v) is 5.56. The second kappa shape index (κ2) is 4.63. The first kappa shape index (κ1) is 13.9. The molecule has 0 unspecified atom stereocenters. The van der Waals surface area contributed by atoms with Crippen LogP contribution in [0.4, 0.5) is 13.2 Å². The van der Waals surface area contributed by atoms with Crippen LogP contribution in [0.3, 0.4) is 0 Å². The minimum atomic E-state index is -4.43. The number of halogens is 6. The molecular formula is C10H8Cl3F3. The molecule has 1 rings (SSSR count). The maximum absolute atomic E-state index is 12.5. The van der Waals surface area contributed by atoms with Crippen molar-refractivity contribution in [1.82, 2.24) is 0 Å². The molecule has 0 aliphatic heterocycles. The SMILES string of the molecule is CCc1cc(C(F)(F)F)cc(C(Cl)(Cl)Cl)c1. The fraction of sp³-hybridized carbons (Fsp3) is 0.400. The molecule has 0 nitrogen and oxygen atoms in total. The highest BCUT2D eigenvalue weighted by atomic mass is 35.6. The minimum absolute atomic E-state index is 0.0316. The van der Waals surface area contributed by atoms with Gasteiger partial charge in [-0.1, -0.05) is 47.8 Å². The van der Waals surface area contributed by atoms with Crippen LogP contribution in [0.5, 0.6) is 0 Å². The number of hydrogen-bond acceptors (Lipinski definition) is 0. The summed E-state index contributed by atoms with van der Waals surface area (Å²) >= 11 is 16.7. The van der Waals surface area contributed by atoms with Crippen LogP contribution in [0.15, 0.2) is 18.2 Å². The lowest BCUT2D eigenvalue weighted by Crippen LogP contribution is -2.09. The van der Waals surface area contributed by atoms with Gasteiger partial charge in [0.15, 0.2) is 0 Å². The van der Waals surface area contributed by atoms with E-state index in [4.69, 9.17) is 34.8 Å². The first-order valence-electron chi connectivity index (χ1n) is 4.43. The van der Waals surface area contributed by atoms with Crippen molar-refractivity contribution >= 4 is 34.8 Å². The molecule has 0 spiro atoms. The molecule has 0 bridgehead atoms. The Morgan fingerprint density at radius 2 is 1.50 bits per heavy atom. The van der Waals surface area contributed by atoms with Crippen molar-refractivity contribution in [2.45, 2.75) is 23.3 Å². The number of benzene rings is 1. The summed E-state index contributed by atoms with van der Waals surface area (Å²) in [7, 11) is 0. The van der Waals surface area contributed by atoms with Gasteiger partial charge in [0.1, 0.15) is 0 Å². The highest BCUT2D eigenvalue weighted by Crippen LogP contribution is 2.41. The molecule has 0 aromatic heterocycles. The number of alkyl halides is 6. The third-order valence-corrected chi connectivity index (χ3v) is 2.71. The van der Waals surface area contributed by atoms with Crippen molar-refractivity contribution in [2.24, 2.45) is 0 Å². The second-order valence-corrected chi connectivity index (χ2v) is 5.55. The normalized spacial score (nSPS) is 12.9. The van der Waals surface area contributed by atoms with Gasteiger partial charge < -0.3 is 0 Å². The molecule has 1 aromatic carbocycles. The van der Waals surface area contributed by atoms with Crippen LogP contribution in [0, 0.1) is 0 Å². The van der Waals surface area contributed by atoms with Crippen LogP contribution >= 0.6 is 34.8 Å².